The maximum atomic E-state index is 9.61. The van der Waals surface area contributed by atoms with Crippen LogP contribution < -0.4 is 4.74 Å². The fourth-order valence-corrected chi connectivity index (χ4v) is 1.83. The highest BCUT2D eigenvalue weighted by Gasteiger charge is 2.09. The first-order valence-corrected chi connectivity index (χ1v) is 5.28. The second-order valence-corrected chi connectivity index (χ2v) is 3.80. The predicted octanol–water partition coefficient (Wildman–Crippen LogP) is 2.64. The van der Waals surface area contributed by atoms with Gasteiger partial charge in [-0.15, -0.1) is 0 Å². The molecule has 0 aliphatic carbocycles. The molecule has 0 fully saturated rings. The first-order valence-electron chi connectivity index (χ1n) is 3.86. The van der Waals surface area contributed by atoms with Crippen molar-refractivity contribution in [1.82, 2.24) is 0 Å². The molecule has 0 aliphatic rings. The van der Waals surface area contributed by atoms with E-state index in [4.69, 9.17) is 4.74 Å². The molecular weight excluding hydrogens is 252 g/mol. The van der Waals surface area contributed by atoms with Crippen LogP contribution in [0.25, 0.3) is 0 Å². The van der Waals surface area contributed by atoms with Gasteiger partial charge < -0.3 is 9.84 Å². The zero-order valence-corrected chi connectivity index (χ0v) is 9.73. The summed E-state index contributed by atoms with van der Waals surface area (Å²) in [6.45, 7) is 0. The van der Waals surface area contributed by atoms with E-state index in [1.54, 1.807) is 6.07 Å². The fourth-order valence-electron chi connectivity index (χ4n) is 1.07. The van der Waals surface area contributed by atoms with Crippen molar-refractivity contribution in [2.24, 2.45) is 0 Å². The Bertz CT molecular complexity index is 302. The molecule has 0 amide bonds. The number of benzene rings is 1. The number of thiol groups is 1. The van der Waals surface area contributed by atoms with Crippen molar-refractivity contribution < 1.29 is 9.84 Å². The molecule has 72 valence electrons. The average Bonchev–Trinajstić information content (AvgIpc) is 2.14. The summed E-state index contributed by atoms with van der Waals surface area (Å²) < 4.78 is 5.66. The highest BCUT2D eigenvalue weighted by Crippen LogP contribution is 2.36. The molecule has 0 radical (unpaired) electrons. The molecule has 13 heavy (non-hydrogen) atoms. The van der Waals surface area contributed by atoms with E-state index in [0.717, 1.165) is 17.7 Å². The molecule has 0 unspecified atom stereocenters. The summed E-state index contributed by atoms with van der Waals surface area (Å²) in [5.74, 6) is 1.39. The minimum absolute atomic E-state index is 0.154. The number of methoxy groups -OCH3 is 1. The van der Waals surface area contributed by atoms with E-state index in [0.29, 0.717) is 10.2 Å². The molecule has 0 aromatic heterocycles. The second kappa shape index (κ2) is 4.77. The minimum Gasteiger partial charge on any atom is -0.503 e. The Kier molecular flexibility index (Phi) is 3.93. The van der Waals surface area contributed by atoms with Crippen LogP contribution in [0.2, 0.25) is 0 Å². The van der Waals surface area contributed by atoms with Gasteiger partial charge in [-0.3, -0.25) is 0 Å². The van der Waals surface area contributed by atoms with Gasteiger partial charge in [0.05, 0.1) is 11.6 Å². The summed E-state index contributed by atoms with van der Waals surface area (Å²) in [5, 5.41) is 9.61. The van der Waals surface area contributed by atoms with E-state index in [2.05, 4.69) is 28.6 Å². The summed E-state index contributed by atoms with van der Waals surface area (Å²) in [6.07, 6.45) is 0.821. The number of aromatic hydroxyl groups is 1. The highest BCUT2D eigenvalue weighted by atomic mass is 79.9. The van der Waals surface area contributed by atoms with Crippen molar-refractivity contribution in [1.29, 1.82) is 0 Å². The molecule has 1 rings (SSSR count). The van der Waals surface area contributed by atoms with Crippen molar-refractivity contribution in [3.63, 3.8) is 0 Å². The van der Waals surface area contributed by atoms with Crippen LogP contribution in [-0.4, -0.2) is 18.0 Å². The number of phenolic OH excluding ortho intramolecular Hbond substituents is 1. The Hall–Kier alpha value is -0.350. The topological polar surface area (TPSA) is 29.5 Å². The van der Waals surface area contributed by atoms with Gasteiger partial charge in [-0.25, -0.2) is 0 Å². The molecule has 0 aliphatic heterocycles. The molecule has 0 atom stereocenters. The average molecular weight is 263 g/mol. The number of rotatable bonds is 3. The lowest BCUT2D eigenvalue weighted by molar-refractivity contribution is 0.371. The summed E-state index contributed by atoms with van der Waals surface area (Å²) in [5.41, 5.74) is 1.04. The lowest BCUT2D eigenvalue weighted by atomic mass is 10.1. The molecule has 0 spiro atoms. The van der Waals surface area contributed by atoms with Gasteiger partial charge in [-0.1, -0.05) is 6.07 Å². The lowest BCUT2D eigenvalue weighted by Crippen LogP contribution is -1.91. The Morgan fingerprint density at radius 3 is 2.77 bits per heavy atom. The van der Waals surface area contributed by atoms with Crippen LogP contribution in [0.1, 0.15) is 5.56 Å². The van der Waals surface area contributed by atoms with Crippen LogP contribution in [0.5, 0.6) is 11.5 Å². The van der Waals surface area contributed by atoms with Gasteiger partial charge in [0.15, 0.2) is 11.5 Å². The maximum Gasteiger partial charge on any atom is 0.172 e. The molecule has 1 N–H and O–H groups in total. The standard InChI is InChI=1S/C9H11BrO2S/c1-12-7-3-2-6(4-5-13)8(10)9(7)11/h2-3,11,13H,4-5H2,1H3. The van der Waals surface area contributed by atoms with Crippen LogP contribution >= 0.6 is 28.6 Å². The third-order valence-corrected chi connectivity index (χ3v) is 2.87. The van der Waals surface area contributed by atoms with Crippen molar-refractivity contribution in [3.05, 3.63) is 22.2 Å². The molecule has 0 heterocycles. The Balaban J connectivity index is 3.07. The largest absolute Gasteiger partial charge is 0.503 e. The van der Waals surface area contributed by atoms with Crippen molar-refractivity contribution in [2.75, 3.05) is 12.9 Å². The van der Waals surface area contributed by atoms with Crippen LogP contribution in [0.15, 0.2) is 16.6 Å². The summed E-state index contributed by atoms with van der Waals surface area (Å²) in [4.78, 5) is 0. The van der Waals surface area contributed by atoms with E-state index in [1.807, 2.05) is 6.07 Å². The normalized spacial score (nSPS) is 10.1. The van der Waals surface area contributed by atoms with Gasteiger partial charge in [0.2, 0.25) is 0 Å². The molecule has 0 saturated carbocycles. The summed E-state index contributed by atoms with van der Waals surface area (Å²) in [6, 6.07) is 3.66. The van der Waals surface area contributed by atoms with Gasteiger partial charge in [-0.05, 0) is 39.7 Å². The number of aryl methyl sites for hydroxylation is 1. The summed E-state index contributed by atoms with van der Waals surface area (Å²) in [7, 11) is 1.53. The van der Waals surface area contributed by atoms with E-state index >= 15 is 0 Å². The number of ether oxygens (including phenoxy) is 1. The number of hydrogen-bond donors (Lipinski definition) is 2. The molecular formula is C9H11BrO2S. The molecule has 2 nitrogen and oxygen atoms in total. The quantitative estimate of drug-likeness (QED) is 0.821. The van der Waals surface area contributed by atoms with Crippen LogP contribution in [0.3, 0.4) is 0 Å². The Morgan fingerprint density at radius 1 is 1.54 bits per heavy atom. The second-order valence-electron chi connectivity index (χ2n) is 2.56. The Labute approximate surface area is 91.5 Å². The van der Waals surface area contributed by atoms with E-state index in [-0.39, 0.29) is 5.75 Å². The van der Waals surface area contributed by atoms with E-state index in [1.165, 1.54) is 7.11 Å². The minimum atomic E-state index is 0.154. The van der Waals surface area contributed by atoms with Crippen LogP contribution in [-0.2, 0) is 6.42 Å². The number of hydrogen-bond acceptors (Lipinski definition) is 3. The lowest BCUT2D eigenvalue weighted by Gasteiger charge is -2.08. The maximum absolute atomic E-state index is 9.61. The molecule has 1 aromatic carbocycles. The van der Waals surface area contributed by atoms with Crippen LogP contribution in [0.4, 0.5) is 0 Å². The first kappa shape index (κ1) is 10.7. The SMILES string of the molecule is COc1ccc(CCS)c(Br)c1O. The van der Waals surface area contributed by atoms with Gasteiger partial charge in [-0.2, -0.15) is 12.6 Å². The predicted molar refractivity (Wildman–Crippen MR) is 59.9 cm³/mol. The van der Waals surface area contributed by atoms with Crippen molar-refractivity contribution in [3.8, 4) is 11.5 Å². The monoisotopic (exact) mass is 262 g/mol. The summed E-state index contributed by atoms with van der Waals surface area (Å²) >= 11 is 7.44. The van der Waals surface area contributed by atoms with Crippen molar-refractivity contribution >= 4 is 28.6 Å². The molecule has 4 heteroatoms. The molecule has 1 aromatic rings. The smallest absolute Gasteiger partial charge is 0.172 e. The van der Waals surface area contributed by atoms with E-state index < -0.39 is 0 Å². The highest BCUT2D eigenvalue weighted by molar-refractivity contribution is 9.10. The van der Waals surface area contributed by atoms with Gasteiger partial charge in [0.25, 0.3) is 0 Å². The van der Waals surface area contributed by atoms with Gasteiger partial charge in [0, 0.05) is 0 Å². The Morgan fingerprint density at radius 2 is 2.23 bits per heavy atom. The first-order chi connectivity index (χ1) is 6.20. The molecule has 0 saturated heterocycles. The third kappa shape index (κ3) is 2.31. The number of halogens is 1. The zero-order chi connectivity index (χ0) is 9.84. The zero-order valence-electron chi connectivity index (χ0n) is 7.25. The molecule has 0 bridgehead atoms. The van der Waals surface area contributed by atoms with E-state index in [9.17, 15) is 5.11 Å². The fraction of sp³-hybridized carbons (Fsp3) is 0.333. The van der Waals surface area contributed by atoms with Gasteiger partial charge >= 0.3 is 0 Å². The van der Waals surface area contributed by atoms with Crippen LogP contribution in [0, 0.1) is 0 Å². The number of phenols is 1. The third-order valence-electron chi connectivity index (χ3n) is 1.76. The van der Waals surface area contributed by atoms with Crippen molar-refractivity contribution in [2.45, 2.75) is 6.42 Å². The van der Waals surface area contributed by atoms with Gasteiger partial charge in [0.1, 0.15) is 0 Å².